The first-order valence-electron chi connectivity index (χ1n) is 5.25. The minimum Gasteiger partial charge on any atom is -0.348 e. The lowest BCUT2D eigenvalue weighted by Gasteiger charge is -2.00. The van der Waals surface area contributed by atoms with Gasteiger partial charge >= 0.3 is 11.8 Å². The van der Waals surface area contributed by atoms with Crippen LogP contribution in [0.15, 0.2) is 29.6 Å². The zero-order valence-electron chi connectivity index (χ0n) is 9.51. The summed E-state index contributed by atoms with van der Waals surface area (Å²) in [7, 11) is 0. The highest BCUT2D eigenvalue weighted by atomic mass is 16.2. The molecule has 0 saturated carbocycles. The van der Waals surface area contributed by atoms with Gasteiger partial charge in [-0.3, -0.25) is 14.6 Å². The predicted octanol–water partition coefficient (Wildman–Crippen LogP) is 0.0579. The predicted molar refractivity (Wildman–Crippen MR) is 63.3 cm³/mol. The second kappa shape index (κ2) is 7.10. The van der Waals surface area contributed by atoms with Crippen molar-refractivity contribution in [3.05, 3.63) is 30.1 Å². The van der Waals surface area contributed by atoms with Crippen molar-refractivity contribution in [1.82, 2.24) is 15.7 Å². The Kier molecular flexibility index (Phi) is 5.36. The number of aromatic nitrogens is 1. The topological polar surface area (TPSA) is 83.5 Å². The average molecular weight is 234 g/mol. The fourth-order valence-corrected chi connectivity index (χ4v) is 0.987. The van der Waals surface area contributed by atoms with Crippen molar-refractivity contribution < 1.29 is 9.59 Å². The van der Waals surface area contributed by atoms with E-state index in [4.69, 9.17) is 0 Å². The van der Waals surface area contributed by atoms with Crippen molar-refractivity contribution in [2.45, 2.75) is 13.3 Å². The number of hydrogen-bond donors (Lipinski definition) is 2. The van der Waals surface area contributed by atoms with Crippen LogP contribution >= 0.6 is 0 Å². The Morgan fingerprint density at radius 1 is 1.47 bits per heavy atom. The van der Waals surface area contributed by atoms with Crippen LogP contribution < -0.4 is 10.7 Å². The van der Waals surface area contributed by atoms with Crippen LogP contribution in [0, 0.1) is 0 Å². The Balaban J connectivity index is 2.38. The normalized spacial score (nSPS) is 10.2. The van der Waals surface area contributed by atoms with Crippen molar-refractivity contribution in [3.63, 3.8) is 0 Å². The number of carbonyl (C=O) groups excluding carboxylic acids is 2. The Hall–Kier alpha value is -2.24. The van der Waals surface area contributed by atoms with Crippen molar-refractivity contribution in [1.29, 1.82) is 0 Å². The molecule has 0 fully saturated rings. The van der Waals surface area contributed by atoms with Crippen molar-refractivity contribution in [2.24, 2.45) is 5.10 Å². The number of rotatable bonds is 4. The third kappa shape index (κ3) is 4.87. The van der Waals surface area contributed by atoms with Gasteiger partial charge in [0.15, 0.2) is 0 Å². The largest absolute Gasteiger partial charge is 0.348 e. The minimum atomic E-state index is -0.779. The maximum atomic E-state index is 11.2. The number of hydrazone groups is 1. The highest BCUT2D eigenvalue weighted by Gasteiger charge is 2.10. The molecule has 1 heterocycles. The van der Waals surface area contributed by atoms with Gasteiger partial charge in [0.1, 0.15) is 0 Å². The van der Waals surface area contributed by atoms with E-state index in [1.807, 2.05) is 6.92 Å². The summed E-state index contributed by atoms with van der Waals surface area (Å²) in [4.78, 5) is 26.2. The highest BCUT2D eigenvalue weighted by molar-refractivity contribution is 6.35. The molecule has 6 nitrogen and oxygen atoms in total. The molecule has 1 aromatic heterocycles. The maximum absolute atomic E-state index is 11.2. The standard InChI is InChI=1S/C11H14N4O2/c1-2-5-13-10(16)11(17)15-14-8-9-4-3-6-12-7-9/h3-4,6-8H,2,5H2,1H3,(H,13,16)(H,15,17)/b14-8-. The lowest BCUT2D eigenvalue weighted by molar-refractivity contribution is -0.139. The Bertz CT molecular complexity index is 403. The quantitative estimate of drug-likeness (QED) is 0.439. The van der Waals surface area contributed by atoms with Crippen LogP contribution in [0.2, 0.25) is 0 Å². The first-order valence-corrected chi connectivity index (χ1v) is 5.25. The second-order valence-corrected chi connectivity index (χ2v) is 3.24. The zero-order chi connectivity index (χ0) is 12.5. The van der Waals surface area contributed by atoms with Crippen molar-refractivity contribution in [3.8, 4) is 0 Å². The smallest absolute Gasteiger partial charge is 0.329 e. The Morgan fingerprint density at radius 2 is 2.29 bits per heavy atom. The lowest BCUT2D eigenvalue weighted by atomic mass is 10.3. The van der Waals surface area contributed by atoms with Crippen LogP contribution in [-0.2, 0) is 9.59 Å². The summed E-state index contributed by atoms with van der Waals surface area (Å²) in [6, 6.07) is 3.52. The second-order valence-electron chi connectivity index (χ2n) is 3.24. The van der Waals surface area contributed by atoms with E-state index in [-0.39, 0.29) is 0 Å². The molecule has 2 amide bonds. The van der Waals surface area contributed by atoms with E-state index >= 15 is 0 Å². The van der Waals surface area contributed by atoms with Gasteiger partial charge in [-0.15, -0.1) is 0 Å². The van der Waals surface area contributed by atoms with E-state index in [2.05, 4.69) is 20.8 Å². The Morgan fingerprint density at radius 3 is 2.94 bits per heavy atom. The summed E-state index contributed by atoms with van der Waals surface area (Å²) >= 11 is 0. The number of pyridine rings is 1. The molecular weight excluding hydrogens is 220 g/mol. The van der Waals surface area contributed by atoms with Crippen molar-refractivity contribution >= 4 is 18.0 Å². The first kappa shape index (κ1) is 12.8. The third-order valence-electron chi connectivity index (χ3n) is 1.81. The van der Waals surface area contributed by atoms with Crippen LogP contribution in [0.1, 0.15) is 18.9 Å². The van der Waals surface area contributed by atoms with Crippen LogP contribution in [0.5, 0.6) is 0 Å². The van der Waals surface area contributed by atoms with Gasteiger partial charge in [0.05, 0.1) is 6.21 Å². The molecule has 0 aliphatic heterocycles. The van der Waals surface area contributed by atoms with E-state index in [9.17, 15) is 9.59 Å². The summed E-state index contributed by atoms with van der Waals surface area (Å²) < 4.78 is 0. The minimum absolute atomic E-state index is 0.471. The fraction of sp³-hybridized carbons (Fsp3) is 0.273. The fourth-order valence-electron chi connectivity index (χ4n) is 0.987. The van der Waals surface area contributed by atoms with E-state index in [1.54, 1.807) is 24.5 Å². The lowest BCUT2D eigenvalue weighted by Crippen LogP contribution is -2.38. The molecule has 0 aromatic carbocycles. The van der Waals surface area contributed by atoms with Crippen LogP contribution in [0.25, 0.3) is 0 Å². The molecule has 1 rings (SSSR count). The van der Waals surface area contributed by atoms with E-state index < -0.39 is 11.8 Å². The van der Waals surface area contributed by atoms with Gasteiger partial charge in [0.2, 0.25) is 0 Å². The number of nitrogens with zero attached hydrogens (tertiary/aromatic N) is 2. The summed E-state index contributed by atoms with van der Waals surface area (Å²) in [6.45, 7) is 2.37. The monoisotopic (exact) mass is 234 g/mol. The molecule has 6 heteroatoms. The first-order chi connectivity index (χ1) is 8.24. The molecule has 17 heavy (non-hydrogen) atoms. The number of carbonyl (C=O) groups is 2. The van der Waals surface area contributed by atoms with Crippen LogP contribution in [-0.4, -0.2) is 29.6 Å². The molecule has 1 aromatic rings. The highest BCUT2D eigenvalue weighted by Crippen LogP contribution is 1.89. The van der Waals surface area contributed by atoms with Gasteiger partial charge < -0.3 is 5.32 Å². The number of nitrogens with one attached hydrogen (secondary N) is 2. The molecule has 90 valence electrons. The van der Waals surface area contributed by atoms with Gasteiger partial charge in [0, 0.05) is 24.5 Å². The molecule has 2 N–H and O–H groups in total. The Labute approximate surface area is 99.1 Å². The number of hydrogen-bond acceptors (Lipinski definition) is 4. The molecule has 0 aliphatic rings. The molecule has 0 atom stereocenters. The molecule has 0 bridgehead atoms. The summed E-state index contributed by atoms with van der Waals surface area (Å²) in [5.74, 6) is -1.46. The van der Waals surface area contributed by atoms with Gasteiger partial charge in [-0.05, 0) is 12.5 Å². The summed E-state index contributed by atoms with van der Waals surface area (Å²) in [6.07, 6.45) is 5.41. The summed E-state index contributed by atoms with van der Waals surface area (Å²) in [5, 5.41) is 6.09. The molecular formula is C11H14N4O2. The van der Waals surface area contributed by atoms with E-state index in [0.29, 0.717) is 6.54 Å². The summed E-state index contributed by atoms with van der Waals surface area (Å²) in [5.41, 5.74) is 2.87. The van der Waals surface area contributed by atoms with Gasteiger partial charge in [-0.2, -0.15) is 5.10 Å². The van der Waals surface area contributed by atoms with Crippen LogP contribution in [0.3, 0.4) is 0 Å². The molecule has 0 radical (unpaired) electrons. The van der Waals surface area contributed by atoms with Crippen LogP contribution in [0.4, 0.5) is 0 Å². The maximum Gasteiger partial charge on any atom is 0.329 e. The van der Waals surface area contributed by atoms with Gasteiger partial charge in [-0.25, -0.2) is 5.43 Å². The van der Waals surface area contributed by atoms with E-state index in [1.165, 1.54) is 6.21 Å². The average Bonchev–Trinajstić information content (AvgIpc) is 2.37. The van der Waals surface area contributed by atoms with Gasteiger partial charge in [-0.1, -0.05) is 13.0 Å². The molecule has 0 saturated heterocycles. The molecule has 0 aliphatic carbocycles. The van der Waals surface area contributed by atoms with Crippen molar-refractivity contribution in [2.75, 3.05) is 6.54 Å². The molecule has 0 spiro atoms. The number of amides is 2. The SMILES string of the molecule is CCCNC(=O)C(=O)N/N=C\c1cccnc1. The van der Waals surface area contributed by atoms with Gasteiger partial charge in [0.25, 0.3) is 0 Å². The zero-order valence-corrected chi connectivity index (χ0v) is 9.51. The molecule has 0 unspecified atom stereocenters. The third-order valence-corrected chi connectivity index (χ3v) is 1.81. The van der Waals surface area contributed by atoms with E-state index in [0.717, 1.165) is 12.0 Å².